The first kappa shape index (κ1) is 24.3. The summed E-state index contributed by atoms with van der Waals surface area (Å²) in [4.78, 5) is 0. The third-order valence-corrected chi connectivity index (χ3v) is 5.28. The molecule has 0 radical (unpaired) electrons. The third-order valence-electron chi connectivity index (χ3n) is 5.28. The molecule has 0 aliphatic carbocycles. The molecular weight excluding hydrogens is 428 g/mol. The number of halogens is 4. The van der Waals surface area contributed by atoms with E-state index in [-0.39, 0.29) is 16.7 Å². The SMILES string of the molecule is C=CCCc1ccc(C(F)(F)Oc2ccc(-c3ccc(CC/C=C/C)cc3F)cc2F)cc1. The molecule has 172 valence electrons. The summed E-state index contributed by atoms with van der Waals surface area (Å²) in [5.41, 5.74) is 1.77. The number of ether oxygens (including phenoxy) is 1. The summed E-state index contributed by atoms with van der Waals surface area (Å²) in [5, 5.41) is 0. The smallest absolute Gasteiger partial charge is 0.426 e. The van der Waals surface area contributed by atoms with Gasteiger partial charge < -0.3 is 4.74 Å². The second-order valence-electron chi connectivity index (χ2n) is 7.71. The predicted octanol–water partition coefficient (Wildman–Crippen LogP) is 8.39. The van der Waals surface area contributed by atoms with E-state index in [1.807, 2.05) is 19.1 Å². The Morgan fingerprint density at radius 3 is 2.18 bits per heavy atom. The maximum Gasteiger partial charge on any atom is 0.426 e. The highest BCUT2D eigenvalue weighted by molar-refractivity contribution is 5.65. The van der Waals surface area contributed by atoms with Crippen molar-refractivity contribution in [2.24, 2.45) is 0 Å². The van der Waals surface area contributed by atoms with Gasteiger partial charge in [-0.05, 0) is 79.6 Å². The molecule has 0 saturated heterocycles. The van der Waals surface area contributed by atoms with Crippen molar-refractivity contribution in [3.05, 3.63) is 114 Å². The zero-order valence-electron chi connectivity index (χ0n) is 18.5. The van der Waals surface area contributed by atoms with Crippen LogP contribution < -0.4 is 4.74 Å². The quantitative estimate of drug-likeness (QED) is 0.221. The number of aryl methyl sites for hydroxylation is 2. The van der Waals surface area contributed by atoms with Crippen LogP contribution in [0.4, 0.5) is 17.6 Å². The Morgan fingerprint density at radius 2 is 1.55 bits per heavy atom. The van der Waals surface area contributed by atoms with Gasteiger partial charge in [0, 0.05) is 5.56 Å². The summed E-state index contributed by atoms with van der Waals surface area (Å²) >= 11 is 0. The molecule has 0 unspecified atom stereocenters. The van der Waals surface area contributed by atoms with Gasteiger partial charge >= 0.3 is 6.11 Å². The minimum absolute atomic E-state index is 0.192. The van der Waals surface area contributed by atoms with Gasteiger partial charge in [0.25, 0.3) is 0 Å². The van der Waals surface area contributed by atoms with E-state index in [9.17, 15) is 17.6 Å². The van der Waals surface area contributed by atoms with E-state index in [0.717, 1.165) is 36.1 Å². The van der Waals surface area contributed by atoms with Crippen molar-refractivity contribution in [1.82, 2.24) is 0 Å². The summed E-state index contributed by atoms with van der Waals surface area (Å²) in [6.07, 6.45) is 4.87. The summed E-state index contributed by atoms with van der Waals surface area (Å²) in [5.74, 6) is -2.10. The highest BCUT2D eigenvalue weighted by Gasteiger charge is 2.35. The van der Waals surface area contributed by atoms with E-state index in [1.54, 1.807) is 30.3 Å². The van der Waals surface area contributed by atoms with Gasteiger partial charge in [-0.25, -0.2) is 8.78 Å². The standard InChI is InChI=1S/C28H26F4O/c1-3-5-7-9-21-12-16-24(25(29)18-21)22-13-17-27(26(30)19-22)33-28(31,32)23-14-10-20(11-15-23)8-6-4-2/h3-5,10-19H,2,6-9H2,1H3/b5-3+. The summed E-state index contributed by atoms with van der Waals surface area (Å²) < 4.78 is 63.1. The Morgan fingerprint density at radius 1 is 0.848 bits per heavy atom. The lowest BCUT2D eigenvalue weighted by molar-refractivity contribution is -0.186. The lowest BCUT2D eigenvalue weighted by atomic mass is 10.0. The van der Waals surface area contributed by atoms with Gasteiger partial charge in [-0.2, -0.15) is 8.78 Å². The molecule has 0 bridgehead atoms. The molecule has 0 aliphatic heterocycles. The van der Waals surface area contributed by atoms with Crippen molar-refractivity contribution in [1.29, 1.82) is 0 Å². The molecule has 1 nitrogen and oxygen atoms in total. The monoisotopic (exact) mass is 454 g/mol. The van der Waals surface area contributed by atoms with Crippen LogP contribution in [0, 0.1) is 11.6 Å². The van der Waals surface area contributed by atoms with Gasteiger partial charge in [0.1, 0.15) is 5.82 Å². The molecule has 0 atom stereocenters. The second-order valence-corrected chi connectivity index (χ2v) is 7.71. The van der Waals surface area contributed by atoms with Crippen LogP contribution in [0.5, 0.6) is 5.75 Å². The fraction of sp³-hybridized carbons (Fsp3) is 0.214. The molecule has 0 N–H and O–H groups in total. The molecule has 3 rings (SSSR count). The second kappa shape index (κ2) is 11.0. The zero-order valence-corrected chi connectivity index (χ0v) is 18.5. The van der Waals surface area contributed by atoms with Crippen molar-refractivity contribution in [3.8, 4) is 16.9 Å². The van der Waals surface area contributed by atoms with Crippen molar-refractivity contribution in [3.63, 3.8) is 0 Å². The van der Waals surface area contributed by atoms with Gasteiger partial charge in [-0.1, -0.05) is 48.6 Å². The van der Waals surface area contributed by atoms with Gasteiger partial charge in [0.2, 0.25) is 0 Å². The maximum atomic E-state index is 14.6. The van der Waals surface area contributed by atoms with Gasteiger partial charge in [0.05, 0.1) is 5.56 Å². The molecule has 3 aromatic rings. The minimum atomic E-state index is -3.72. The topological polar surface area (TPSA) is 9.23 Å². The predicted molar refractivity (Wildman–Crippen MR) is 124 cm³/mol. The van der Waals surface area contributed by atoms with Gasteiger partial charge in [-0.3, -0.25) is 0 Å². The first-order chi connectivity index (χ1) is 15.8. The van der Waals surface area contributed by atoms with E-state index in [2.05, 4.69) is 6.58 Å². The van der Waals surface area contributed by atoms with E-state index in [4.69, 9.17) is 4.74 Å². The Balaban J connectivity index is 1.75. The Labute approximate surface area is 192 Å². The van der Waals surface area contributed by atoms with E-state index < -0.39 is 23.5 Å². The maximum absolute atomic E-state index is 14.6. The molecule has 0 saturated carbocycles. The number of benzene rings is 3. The van der Waals surface area contributed by atoms with Gasteiger partial charge in [0.15, 0.2) is 11.6 Å². The first-order valence-electron chi connectivity index (χ1n) is 10.8. The molecule has 33 heavy (non-hydrogen) atoms. The average Bonchev–Trinajstić information content (AvgIpc) is 2.79. The largest absolute Gasteiger partial charge is 0.426 e. The molecule has 0 fully saturated rings. The molecule has 0 heterocycles. The molecule has 0 aromatic heterocycles. The summed E-state index contributed by atoms with van der Waals surface area (Å²) in [6, 6.07) is 13.9. The van der Waals surface area contributed by atoms with Crippen molar-refractivity contribution in [2.75, 3.05) is 0 Å². The summed E-state index contributed by atoms with van der Waals surface area (Å²) in [7, 11) is 0. The van der Waals surface area contributed by atoms with Crippen LogP contribution in [0.2, 0.25) is 0 Å². The molecule has 0 spiro atoms. The van der Waals surface area contributed by atoms with E-state index in [1.165, 1.54) is 24.3 Å². The van der Waals surface area contributed by atoms with Gasteiger partial charge in [-0.15, -0.1) is 6.58 Å². The highest BCUT2D eigenvalue weighted by Crippen LogP contribution is 2.35. The van der Waals surface area contributed by atoms with E-state index >= 15 is 0 Å². The van der Waals surface area contributed by atoms with Crippen LogP contribution in [0.1, 0.15) is 36.5 Å². The zero-order chi connectivity index (χ0) is 23.8. The van der Waals surface area contributed by atoms with Crippen molar-refractivity contribution >= 4 is 0 Å². The van der Waals surface area contributed by atoms with Crippen molar-refractivity contribution in [2.45, 2.75) is 38.7 Å². The van der Waals surface area contributed by atoms with Crippen LogP contribution in [-0.4, -0.2) is 0 Å². The number of allylic oxidation sites excluding steroid dienone is 3. The fourth-order valence-corrected chi connectivity index (χ4v) is 3.45. The Hall–Kier alpha value is -3.34. The lowest BCUT2D eigenvalue weighted by Gasteiger charge is -2.19. The number of alkyl halides is 2. The van der Waals surface area contributed by atoms with Crippen molar-refractivity contribution < 1.29 is 22.3 Å². The first-order valence-corrected chi connectivity index (χ1v) is 10.8. The Bertz CT molecular complexity index is 1120. The molecule has 0 aliphatic rings. The fourth-order valence-electron chi connectivity index (χ4n) is 3.45. The van der Waals surface area contributed by atoms with E-state index in [0.29, 0.717) is 12.8 Å². The van der Waals surface area contributed by atoms with Crippen LogP contribution in [0.25, 0.3) is 11.1 Å². The van der Waals surface area contributed by atoms with Crippen LogP contribution >= 0.6 is 0 Å². The average molecular weight is 455 g/mol. The number of hydrogen-bond acceptors (Lipinski definition) is 1. The minimum Gasteiger partial charge on any atom is -0.426 e. The number of rotatable bonds is 10. The normalized spacial score (nSPS) is 11.7. The Kier molecular flexibility index (Phi) is 8.10. The highest BCUT2D eigenvalue weighted by atomic mass is 19.3. The van der Waals surface area contributed by atoms with Crippen LogP contribution in [0.3, 0.4) is 0 Å². The van der Waals surface area contributed by atoms with Crippen LogP contribution in [0.15, 0.2) is 85.5 Å². The third kappa shape index (κ3) is 6.35. The molecule has 3 aromatic carbocycles. The molecule has 0 amide bonds. The van der Waals surface area contributed by atoms with Crippen LogP contribution in [-0.2, 0) is 19.0 Å². The molecular formula is C28H26F4O. The lowest BCUT2D eigenvalue weighted by Crippen LogP contribution is -2.22. The molecule has 5 heteroatoms. The number of hydrogen-bond donors (Lipinski definition) is 0. The summed E-state index contributed by atoms with van der Waals surface area (Å²) in [6.45, 7) is 5.56.